The van der Waals surface area contributed by atoms with E-state index in [1.807, 2.05) is 12.1 Å². The van der Waals surface area contributed by atoms with Gasteiger partial charge in [0.2, 0.25) is 0 Å². The van der Waals surface area contributed by atoms with Crippen LogP contribution in [0.1, 0.15) is 44.1 Å². The Morgan fingerprint density at radius 2 is 1.76 bits per heavy atom. The molecule has 0 spiro atoms. The molecule has 1 aliphatic carbocycles. The van der Waals surface area contributed by atoms with Crippen molar-refractivity contribution in [2.45, 2.75) is 56.6 Å². The van der Waals surface area contributed by atoms with Crippen LogP contribution in [-0.4, -0.2) is 35.7 Å². The third-order valence-electron chi connectivity index (χ3n) is 4.93. The van der Waals surface area contributed by atoms with E-state index in [0.29, 0.717) is 16.5 Å². The van der Waals surface area contributed by atoms with Crippen LogP contribution in [0.15, 0.2) is 18.2 Å². The van der Waals surface area contributed by atoms with E-state index >= 15 is 0 Å². The van der Waals surface area contributed by atoms with Crippen molar-refractivity contribution in [1.29, 1.82) is 0 Å². The van der Waals surface area contributed by atoms with Gasteiger partial charge in [0.05, 0.1) is 16.1 Å². The molecule has 0 heterocycles. The second-order valence-corrected chi connectivity index (χ2v) is 7.13. The van der Waals surface area contributed by atoms with E-state index in [4.69, 9.17) is 23.2 Å². The number of hydrogen-bond donors (Lipinski definition) is 1. The molecule has 0 aromatic heterocycles. The number of halogens is 2. The lowest BCUT2D eigenvalue weighted by molar-refractivity contribution is -0.0174. The lowest BCUT2D eigenvalue weighted by Gasteiger charge is -2.43. The lowest BCUT2D eigenvalue weighted by atomic mass is 9.80. The molecule has 1 aromatic carbocycles. The number of rotatable bonds is 4. The van der Waals surface area contributed by atoms with Gasteiger partial charge in [-0.1, -0.05) is 61.0 Å². The van der Waals surface area contributed by atoms with E-state index in [0.717, 1.165) is 18.4 Å². The minimum atomic E-state index is -0.429. The van der Waals surface area contributed by atoms with Crippen LogP contribution in [0.25, 0.3) is 0 Å². The van der Waals surface area contributed by atoms with Gasteiger partial charge in [0.15, 0.2) is 0 Å². The molecule has 1 atom stereocenters. The van der Waals surface area contributed by atoms with Crippen LogP contribution in [0.4, 0.5) is 0 Å². The van der Waals surface area contributed by atoms with Crippen molar-refractivity contribution in [2.24, 2.45) is 0 Å². The first-order valence-corrected chi connectivity index (χ1v) is 8.51. The summed E-state index contributed by atoms with van der Waals surface area (Å²) in [6.45, 7) is 0. The molecule has 4 heteroatoms. The Bertz CT molecular complexity index is 468. The number of benzene rings is 1. The number of likely N-dealkylation sites (N-methyl/N-ethyl adjacent to an activating group) is 1. The monoisotopic (exact) mass is 329 g/mol. The highest BCUT2D eigenvalue weighted by atomic mass is 35.5. The van der Waals surface area contributed by atoms with E-state index < -0.39 is 6.10 Å². The standard InChI is InChI=1S/C17H25Cl2NO/c1-20(2)17(10-5-3-4-6-11-17)15(21)12-13-8-7-9-14(18)16(13)19/h7-9,15,21H,3-6,10-12H2,1-2H3. The highest BCUT2D eigenvalue weighted by molar-refractivity contribution is 6.42. The summed E-state index contributed by atoms with van der Waals surface area (Å²) in [6, 6.07) is 5.64. The van der Waals surface area contributed by atoms with Gasteiger partial charge in [0, 0.05) is 12.0 Å². The molecule has 1 fully saturated rings. The molecular formula is C17H25Cl2NO. The number of aliphatic hydroxyl groups is 1. The van der Waals surface area contributed by atoms with Gasteiger partial charge >= 0.3 is 0 Å². The van der Waals surface area contributed by atoms with Crippen LogP contribution in [-0.2, 0) is 6.42 Å². The van der Waals surface area contributed by atoms with Crippen molar-refractivity contribution < 1.29 is 5.11 Å². The van der Waals surface area contributed by atoms with Gasteiger partial charge in [0.1, 0.15) is 0 Å². The first kappa shape index (κ1) is 17.1. The molecule has 0 amide bonds. The summed E-state index contributed by atoms with van der Waals surface area (Å²) in [5, 5.41) is 12.1. The Labute approximate surface area is 138 Å². The number of aliphatic hydroxyl groups excluding tert-OH is 1. The van der Waals surface area contributed by atoms with Crippen molar-refractivity contribution in [2.75, 3.05) is 14.1 Å². The largest absolute Gasteiger partial charge is 0.391 e. The molecule has 0 saturated heterocycles. The van der Waals surface area contributed by atoms with E-state index in [9.17, 15) is 5.11 Å². The predicted molar refractivity (Wildman–Crippen MR) is 90.3 cm³/mol. The smallest absolute Gasteiger partial charge is 0.0764 e. The molecule has 21 heavy (non-hydrogen) atoms. The second-order valence-electron chi connectivity index (χ2n) is 6.35. The Morgan fingerprint density at radius 3 is 2.33 bits per heavy atom. The molecule has 2 rings (SSSR count). The Morgan fingerprint density at radius 1 is 1.14 bits per heavy atom. The average Bonchev–Trinajstić information content (AvgIpc) is 2.70. The molecule has 0 bridgehead atoms. The van der Waals surface area contributed by atoms with E-state index in [-0.39, 0.29) is 5.54 Å². The third-order valence-corrected chi connectivity index (χ3v) is 5.78. The molecule has 0 radical (unpaired) electrons. The molecule has 2 nitrogen and oxygen atoms in total. The summed E-state index contributed by atoms with van der Waals surface area (Å²) >= 11 is 12.4. The summed E-state index contributed by atoms with van der Waals surface area (Å²) in [5.74, 6) is 0. The maximum Gasteiger partial charge on any atom is 0.0764 e. The molecule has 118 valence electrons. The highest BCUT2D eigenvalue weighted by Gasteiger charge is 2.40. The normalized spacial score (nSPS) is 20.3. The quantitative estimate of drug-likeness (QED) is 0.819. The lowest BCUT2D eigenvalue weighted by Crippen LogP contribution is -2.54. The van der Waals surface area contributed by atoms with Gasteiger partial charge in [-0.25, -0.2) is 0 Å². The maximum absolute atomic E-state index is 10.9. The first-order chi connectivity index (χ1) is 9.97. The molecule has 1 aliphatic rings. The third kappa shape index (κ3) is 3.73. The van der Waals surface area contributed by atoms with Crippen molar-refractivity contribution in [3.63, 3.8) is 0 Å². The van der Waals surface area contributed by atoms with Crippen LogP contribution in [0.3, 0.4) is 0 Å². The average molecular weight is 330 g/mol. The summed E-state index contributed by atoms with van der Waals surface area (Å²) in [4.78, 5) is 2.21. The summed E-state index contributed by atoms with van der Waals surface area (Å²) in [5.41, 5.74) is 0.782. The fourth-order valence-electron chi connectivity index (χ4n) is 3.52. The highest BCUT2D eigenvalue weighted by Crippen LogP contribution is 2.36. The second kappa shape index (κ2) is 7.32. The molecule has 1 saturated carbocycles. The predicted octanol–water partition coefficient (Wildman–Crippen LogP) is 4.55. The molecule has 1 unspecified atom stereocenters. The number of nitrogens with zero attached hydrogens (tertiary/aromatic N) is 1. The minimum Gasteiger partial charge on any atom is -0.391 e. The van der Waals surface area contributed by atoms with Gasteiger partial charge in [-0.3, -0.25) is 0 Å². The zero-order valence-electron chi connectivity index (χ0n) is 12.9. The van der Waals surface area contributed by atoms with Crippen molar-refractivity contribution >= 4 is 23.2 Å². The van der Waals surface area contributed by atoms with E-state index in [2.05, 4.69) is 19.0 Å². The van der Waals surface area contributed by atoms with Crippen molar-refractivity contribution in [3.8, 4) is 0 Å². The molecule has 1 N–H and O–H groups in total. The Kier molecular flexibility index (Phi) is 5.96. The van der Waals surface area contributed by atoms with Gasteiger partial charge in [0.25, 0.3) is 0 Å². The topological polar surface area (TPSA) is 23.5 Å². The fraction of sp³-hybridized carbons (Fsp3) is 0.647. The molecule has 0 aliphatic heterocycles. The van der Waals surface area contributed by atoms with Gasteiger partial charge < -0.3 is 10.0 Å². The summed E-state index contributed by atoms with van der Waals surface area (Å²) < 4.78 is 0. The van der Waals surface area contributed by atoms with Gasteiger partial charge in [-0.05, 0) is 38.6 Å². The summed E-state index contributed by atoms with van der Waals surface area (Å²) in [7, 11) is 4.15. The van der Waals surface area contributed by atoms with Crippen LogP contribution >= 0.6 is 23.2 Å². The number of hydrogen-bond acceptors (Lipinski definition) is 2. The van der Waals surface area contributed by atoms with E-state index in [1.54, 1.807) is 6.07 Å². The maximum atomic E-state index is 10.9. The van der Waals surface area contributed by atoms with Gasteiger partial charge in [-0.2, -0.15) is 0 Å². The van der Waals surface area contributed by atoms with Crippen LogP contribution < -0.4 is 0 Å². The van der Waals surface area contributed by atoms with Crippen LogP contribution in [0.2, 0.25) is 10.0 Å². The minimum absolute atomic E-state index is 0.151. The zero-order chi connectivity index (χ0) is 15.5. The van der Waals surface area contributed by atoms with Crippen molar-refractivity contribution in [1.82, 2.24) is 4.90 Å². The van der Waals surface area contributed by atoms with Gasteiger partial charge in [-0.15, -0.1) is 0 Å². The first-order valence-electron chi connectivity index (χ1n) is 7.76. The van der Waals surface area contributed by atoms with Crippen LogP contribution in [0.5, 0.6) is 0 Å². The van der Waals surface area contributed by atoms with Crippen LogP contribution in [0, 0.1) is 0 Å². The van der Waals surface area contributed by atoms with E-state index in [1.165, 1.54) is 25.7 Å². The van der Waals surface area contributed by atoms with Crippen molar-refractivity contribution in [3.05, 3.63) is 33.8 Å². The fourth-order valence-corrected chi connectivity index (χ4v) is 3.92. The SMILES string of the molecule is CN(C)C1(C(O)Cc2cccc(Cl)c2Cl)CCCCCC1. The zero-order valence-corrected chi connectivity index (χ0v) is 14.4. The molecular weight excluding hydrogens is 305 g/mol. The molecule has 1 aromatic rings. The summed E-state index contributed by atoms with van der Waals surface area (Å²) in [6.07, 6.45) is 7.09. The Balaban J connectivity index is 2.22. The Hall–Kier alpha value is -0.280.